The number of aromatic nitrogens is 1. The summed E-state index contributed by atoms with van der Waals surface area (Å²) < 4.78 is 5.27. The number of aliphatic hydroxyl groups excluding tert-OH is 1. The summed E-state index contributed by atoms with van der Waals surface area (Å²) >= 11 is 0. The third kappa shape index (κ3) is 2.23. The van der Waals surface area contributed by atoms with Crippen LogP contribution in [0.1, 0.15) is 11.3 Å². The summed E-state index contributed by atoms with van der Waals surface area (Å²) in [5, 5.41) is 9.20. The van der Waals surface area contributed by atoms with Gasteiger partial charge in [-0.1, -0.05) is 6.07 Å². The lowest BCUT2D eigenvalue weighted by molar-refractivity contribution is 0.281. The predicted molar refractivity (Wildman–Crippen MR) is 61.0 cm³/mol. The van der Waals surface area contributed by atoms with Crippen molar-refractivity contribution < 1.29 is 9.52 Å². The highest BCUT2D eigenvalue weighted by atomic mass is 16.3. The standard InChI is InChI=1S/C12H14N2O2/c1-14(8-11-5-3-7-16-11)12-10(9-15)4-2-6-13-12/h2-7,15H,8-9H2,1H3. The van der Waals surface area contributed by atoms with Crippen LogP contribution in [0.25, 0.3) is 0 Å². The monoisotopic (exact) mass is 218 g/mol. The van der Waals surface area contributed by atoms with Gasteiger partial charge in [0.1, 0.15) is 11.6 Å². The Labute approximate surface area is 94.2 Å². The average molecular weight is 218 g/mol. The van der Waals surface area contributed by atoms with Crippen LogP contribution in [0, 0.1) is 0 Å². The van der Waals surface area contributed by atoms with Crippen molar-refractivity contribution in [3.05, 3.63) is 48.0 Å². The molecule has 0 fully saturated rings. The van der Waals surface area contributed by atoms with Crippen molar-refractivity contribution in [3.63, 3.8) is 0 Å². The van der Waals surface area contributed by atoms with E-state index >= 15 is 0 Å². The van der Waals surface area contributed by atoms with Crippen LogP contribution in [0.2, 0.25) is 0 Å². The van der Waals surface area contributed by atoms with Crippen molar-refractivity contribution in [2.24, 2.45) is 0 Å². The van der Waals surface area contributed by atoms with E-state index < -0.39 is 0 Å². The van der Waals surface area contributed by atoms with Gasteiger partial charge >= 0.3 is 0 Å². The third-order valence-electron chi connectivity index (χ3n) is 2.37. The van der Waals surface area contributed by atoms with Gasteiger partial charge in [-0.3, -0.25) is 0 Å². The quantitative estimate of drug-likeness (QED) is 0.850. The third-order valence-corrected chi connectivity index (χ3v) is 2.37. The minimum Gasteiger partial charge on any atom is -0.467 e. The molecule has 2 rings (SSSR count). The maximum absolute atomic E-state index is 9.20. The zero-order valence-corrected chi connectivity index (χ0v) is 9.13. The fraction of sp³-hybridized carbons (Fsp3) is 0.250. The molecular weight excluding hydrogens is 204 g/mol. The first-order valence-electron chi connectivity index (χ1n) is 5.09. The lowest BCUT2D eigenvalue weighted by Gasteiger charge is -2.19. The maximum atomic E-state index is 9.20. The molecule has 84 valence electrons. The van der Waals surface area contributed by atoms with Gasteiger partial charge in [-0.2, -0.15) is 0 Å². The van der Waals surface area contributed by atoms with E-state index in [0.717, 1.165) is 17.1 Å². The van der Waals surface area contributed by atoms with E-state index in [1.807, 2.05) is 36.2 Å². The zero-order chi connectivity index (χ0) is 11.4. The SMILES string of the molecule is CN(Cc1ccco1)c1ncccc1CO. The van der Waals surface area contributed by atoms with Gasteiger partial charge in [0.25, 0.3) is 0 Å². The summed E-state index contributed by atoms with van der Waals surface area (Å²) in [4.78, 5) is 6.20. The van der Waals surface area contributed by atoms with Crippen LogP contribution in [0.3, 0.4) is 0 Å². The molecule has 0 aromatic carbocycles. The number of anilines is 1. The fourth-order valence-electron chi connectivity index (χ4n) is 1.61. The molecule has 1 N–H and O–H groups in total. The first-order valence-corrected chi connectivity index (χ1v) is 5.09. The van der Waals surface area contributed by atoms with Crippen LogP contribution >= 0.6 is 0 Å². The van der Waals surface area contributed by atoms with Crippen molar-refractivity contribution in [2.45, 2.75) is 13.2 Å². The van der Waals surface area contributed by atoms with Crippen LogP contribution < -0.4 is 4.90 Å². The van der Waals surface area contributed by atoms with Crippen LogP contribution in [-0.4, -0.2) is 17.1 Å². The largest absolute Gasteiger partial charge is 0.467 e. The van der Waals surface area contributed by atoms with E-state index in [1.54, 1.807) is 12.5 Å². The number of aliphatic hydroxyl groups is 1. The molecule has 0 aliphatic carbocycles. The molecule has 0 unspecified atom stereocenters. The van der Waals surface area contributed by atoms with Gasteiger partial charge in [0.05, 0.1) is 19.4 Å². The highest BCUT2D eigenvalue weighted by Gasteiger charge is 2.09. The molecule has 0 aliphatic rings. The topological polar surface area (TPSA) is 49.5 Å². The molecule has 2 aromatic rings. The van der Waals surface area contributed by atoms with Gasteiger partial charge in [-0.25, -0.2) is 4.98 Å². The number of rotatable bonds is 4. The lowest BCUT2D eigenvalue weighted by atomic mass is 10.2. The summed E-state index contributed by atoms with van der Waals surface area (Å²) in [5.74, 6) is 1.65. The summed E-state index contributed by atoms with van der Waals surface area (Å²) in [5.41, 5.74) is 0.816. The van der Waals surface area contributed by atoms with Gasteiger partial charge in [0, 0.05) is 18.8 Å². The molecule has 4 heteroatoms. The molecule has 0 radical (unpaired) electrons. The first-order chi connectivity index (χ1) is 7.81. The molecule has 0 bridgehead atoms. The Morgan fingerprint density at radius 2 is 2.25 bits per heavy atom. The van der Waals surface area contributed by atoms with E-state index in [4.69, 9.17) is 4.42 Å². The summed E-state index contributed by atoms with van der Waals surface area (Å²) in [6.45, 7) is 0.628. The molecule has 0 saturated heterocycles. The summed E-state index contributed by atoms with van der Waals surface area (Å²) in [7, 11) is 1.92. The second-order valence-electron chi connectivity index (χ2n) is 3.58. The van der Waals surface area contributed by atoms with Crippen molar-refractivity contribution in [2.75, 3.05) is 11.9 Å². The van der Waals surface area contributed by atoms with Gasteiger partial charge in [0.15, 0.2) is 0 Å². The molecule has 0 saturated carbocycles. The molecule has 16 heavy (non-hydrogen) atoms. The Bertz CT molecular complexity index is 440. The number of pyridine rings is 1. The molecule has 0 aliphatic heterocycles. The Kier molecular flexibility index (Phi) is 3.22. The number of furan rings is 1. The van der Waals surface area contributed by atoms with E-state index in [0.29, 0.717) is 6.54 Å². The smallest absolute Gasteiger partial charge is 0.134 e. The molecule has 2 aromatic heterocycles. The Hall–Kier alpha value is -1.81. The number of hydrogen-bond acceptors (Lipinski definition) is 4. The first kappa shape index (κ1) is 10.7. The van der Waals surface area contributed by atoms with Gasteiger partial charge in [-0.05, 0) is 18.2 Å². The van der Waals surface area contributed by atoms with Crippen molar-refractivity contribution in [3.8, 4) is 0 Å². The lowest BCUT2D eigenvalue weighted by Crippen LogP contribution is -2.19. The molecule has 0 spiro atoms. The van der Waals surface area contributed by atoms with Crippen molar-refractivity contribution in [1.82, 2.24) is 4.98 Å². The van der Waals surface area contributed by atoms with E-state index in [-0.39, 0.29) is 6.61 Å². The minimum atomic E-state index is -0.00827. The van der Waals surface area contributed by atoms with E-state index in [1.165, 1.54) is 0 Å². The molecule has 0 atom stereocenters. The molecular formula is C12H14N2O2. The minimum absolute atomic E-state index is 0.00827. The van der Waals surface area contributed by atoms with E-state index in [9.17, 15) is 5.11 Å². The normalized spacial score (nSPS) is 10.4. The van der Waals surface area contributed by atoms with Crippen LogP contribution in [0.15, 0.2) is 41.1 Å². The Morgan fingerprint density at radius 1 is 1.38 bits per heavy atom. The summed E-state index contributed by atoms with van der Waals surface area (Å²) in [6, 6.07) is 7.45. The fourth-order valence-corrected chi connectivity index (χ4v) is 1.61. The van der Waals surface area contributed by atoms with Gasteiger partial charge < -0.3 is 14.4 Å². The second kappa shape index (κ2) is 4.81. The summed E-state index contributed by atoms with van der Waals surface area (Å²) in [6.07, 6.45) is 3.36. The maximum Gasteiger partial charge on any atom is 0.134 e. The van der Waals surface area contributed by atoms with Gasteiger partial charge in [0.2, 0.25) is 0 Å². The van der Waals surface area contributed by atoms with Gasteiger partial charge in [-0.15, -0.1) is 0 Å². The van der Waals surface area contributed by atoms with Crippen LogP contribution in [0.4, 0.5) is 5.82 Å². The predicted octanol–water partition coefficient (Wildman–Crippen LogP) is 1.80. The average Bonchev–Trinajstić information content (AvgIpc) is 2.81. The van der Waals surface area contributed by atoms with Crippen molar-refractivity contribution >= 4 is 5.82 Å². The van der Waals surface area contributed by atoms with Crippen molar-refractivity contribution in [1.29, 1.82) is 0 Å². The zero-order valence-electron chi connectivity index (χ0n) is 9.13. The van der Waals surface area contributed by atoms with Crippen LogP contribution in [0.5, 0.6) is 0 Å². The highest BCUT2D eigenvalue weighted by Crippen LogP contribution is 2.17. The second-order valence-corrected chi connectivity index (χ2v) is 3.58. The molecule has 0 amide bonds. The Morgan fingerprint density at radius 3 is 2.94 bits per heavy atom. The number of hydrogen-bond donors (Lipinski definition) is 1. The van der Waals surface area contributed by atoms with Crippen LogP contribution in [-0.2, 0) is 13.2 Å². The highest BCUT2D eigenvalue weighted by molar-refractivity contribution is 5.45. The molecule has 4 nitrogen and oxygen atoms in total. The van der Waals surface area contributed by atoms with E-state index in [2.05, 4.69) is 4.98 Å². The number of nitrogens with zero attached hydrogens (tertiary/aromatic N) is 2. The Balaban J connectivity index is 2.17. The molecule has 2 heterocycles.